The maximum atomic E-state index is 5.21. The molecule has 0 radical (unpaired) electrons. The van der Waals surface area contributed by atoms with E-state index in [1.54, 1.807) is 6.08 Å². The molecule has 1 rings (SSSR count). The van der Waals surface area contributed by atoms with E-state index in [2.05, 4.69) is 19.6 Å². The second kappa shape index (κ2) is 6.86. The Bertz CT molecular complexity index is 187. The summed E-state index contributed by atoms with van der Waals surface area (Å²) in [6.45, 7) is 11.2. The molecule has 0 aromatic carbocycles. The summed E-state index contributed by atoms with van der Waals surface area (Å²) in [5.74, 6) is 0. The van der Waals surface area contributed by atoms with Crippen LogP contribution < -0.4 is 0 Å². The van der Waals surface area contributed by atoms with Gasteiger partial charge in [0, 0.05) is 0 Å². The minimum atomic E-state index is 0.760. The molecule has 1 heterocycles. The maximum absolute atomic E-state index is 5.21. The lowest BCUT2D eigenvalue weighted by molar-refractivity contribution is 0.206. The normalized spacial score (nSPS) is 16.2. The molecule has 0 amide bonds. The molecule has 1 aliphatic heterocycles. The van der Waals surface area contributed by atoms with Crippen molar-refractivity contribution in [2.75, 3.05) is 13.2 Å². The van der Waals surface area contributed by atoms with Gasteiger partial charge in [0.15, 0.2) is 0 Å². The molecule has 0 saturated heterocycles. The van der Waals surface area contributed by atoms with Crippen LogP contribution in [0.3, 0.4) is 0 Å². The molecule has 12 heavy (non-hydrogen) atoms. The monoisotopic (exact) mass is 166 g/mol. The molecule has 0 atom stereocenters. The van der Waals surface area contributed by atoms with Crippen LogP contribution in [0.1, 0.15) is 20.8 Å². The van der Waals surface area contributed by atoms with Crippen LogP contribution in [0.2, 0.25) is 0 Å². The average molecular weight is 166 g/mol. The van der Waals surface area contributed by atoms with E-state index in [4.69, 9.17) is 4.74 Å². The van der Waals surface area contributed by atoms with Crippen molar-refractivity contribution < 1.29 is 4.74 Å². The number of rotatable bonds is 2. The molecule has 0 unspecified atom stereocenters. The molecule has 0 fully saturated rings. The fourth-order valence-electron chi connectivity index (χ4n) is 0.905. The topological polar surface area (TPSA) is 9.23 Å². The summed E-state index contributed by atoms with van der Waals surface area (Å²) < 4.78 is 5.21. The molecule has 68 valence electrons. The summed E-state index contributed by atoms with van der Waals surface area (Å²) in [7, 11) is 0. The summed E-state index contributed by atoms with van der Waals surface area (Å²) in [4.78, 5) is 0. The smallest absolute Gasteiger partial charge is 0.0721 e. The predicted molar refractivity (Wildman–Crippen MR) is 54.2 cm³/mol. The highest BCUT2D eigenvalue weighted by molar-refractivity contribution is 5.29. The molecule has 1 aliphatic rings. The lowest BCUT2D eigenvalue weighted by atomic mass is 10.2. The molecule has 1 heteroatoms. The van der Waals surface area contributed by atoms with Crippen LogP contribution in [0.5, 0.6) is 0 Å². The Hall–Kier alpha value is -0.820. The fraction of sp³-hybridized carbons (Fsp3) is 0.455. The van der Waals surface area contributed by atoms with Crippen LogP contribution in [0.15, 0.2) is 36.0 Å². The summed E-state index contributed by atoms with van der Waals surface area (Å²) in [6, 6.07) is 0. The standard InChI is InChI=1S/C9H12O.C2H6/c1-3-4-5-9-7-10-6-8(9)2;1-2/h3-5H,1,6-7H2,2H3;1-2H3/b5-4-;. The summed E-state index contributed by atoms with van der Waals surface area (Å²) in [5, 5.41) is 0. The predicted octanol–water partition coefficient (Wildman–Crippen LogP) is 3.10. The Balaban J connectivity index is 0.000000561. The molecular weight excluding hydrogens is 148 g/mol. The molecule has 0 aromatic rings. The molecular formula is C11H18O. The van der Waals surface area contributed by atoms with E-state index in [0.717, 1.165) is 13.2 Å². The second-order valence-electron chi connectivity index (χ2n) is 2.39. The highest BCUT2D eigenvalue weighted by Crippen LogP contribution is 2.13. The lowest BCUT2D eigenvalue weighted by Gasteiger charge is -1.89. The third-order valence-electron chi connectivity index (χ3n) is 1.56. The molecule has 0 N–H and O–H groups in total. The first-order valence-corrected chi connectivity index (χ1v) is 4.40. The number of allylic oxidation sites excluding steroid dienone is 2. The van der Waals surface area contributed by atoms with E-state index in [9.17, 15) is 0 Å². The minimum Gasteiger partial charge on any atom is -0.372 e. The van der Waals surface area contributed by atoms with Gasteiger partial charge in [-0.05, 0) is 18.1 Å². The molecule has 1 nitrogen and oxygen atoms in total. The lowest BCUT2D eigenvalue weighted by Crippen LogP contribution is -1.82. The zero-order valence-corrected chi connectivity index (χ0v) is 8.26. The highest BCUT2D eigenvalue weighted by atomic mass is 16.5. The van der Waals surface area contributed by atoms with Crippen molar-refractivity contribution >= 4 is 0 Å². The van der Waals surface area contributed by atoms with Crippen molar-refractivity contribution in [2.24, 2.45) is 0 Å². The quantitative estimate of drug-likeness (QED) is 0.573. The molecule has 0 saturated carbocycles. The van der Waals surface area contributed by atoms with Gasteiger partial charge in [0.05, 0.1) is 13.2 Å². The molecule has 0 aliphatic carbocycles. The van der Waals surface area contributed by atoms with Gasteiger partial charge in [0.2, 0.25) is 0 Å². The van der Waals surface area contributed by atoms with Crippen molar-refractivity contribution in [3.05, 3.63) is 36.0 Å². The van der Waals surface area contributed by atoms with Gasteiger partial charge in [-0.3, -0.25) is 0 Å². The van der Waals surface area contributed by atoms with Gasteiger partial charge in [-0.2, -0.15) is 0 Å². The van der Waals surface area contributed by atoms with Crippen molar-refractivity contribution in [3.8, 4) is 0 Å². The SMILES string of the molecule is C=C/C=C\C1=C(C)COC1.CC. The van der Waals surface area contributed by atoms with Crippen molar-refractivity contribution in [3.63, 3.8) is 0 Å². The Kier molecular flexibility index (Phi) is 6.39. The van der Waals surface area contributed by atoms with Crippen LogP contribution in [-0.4, -0.2) is 13.2 Å². The van der Waals surface area contributed by atoms with E-state index in [0.29, 0.717) is 0 Å². The fourth-order valence-corrected chi connectivity index (χ4v) is 0.905. The Morgan fingerprint density at radius 1 is 1.33 bits per heavy atom. The van der Waals surface area contributed by atoms with E-state index >= 15 is 0 Å². The zero-order chi connectivity index (χ0) is 9.40. The van der Waals surface area contributed by atoms with Crippen LogP contribution >= 0.6 is 0 Å². The Morgan fingerprint density at radius 2 is 2.00 bits per heavy atom. The van der Waals surface area contributed by atoms with Crippen LogP contribution in [-0.2, 0) is 4.74 Å². The van der Waals surface area contributed by atoms with Crippen LogP contribution in [0.4, 0.5) is 0 Å². The van der Waals surface area contributed by atoms with E-state index in [1.165, 1.54) is 11.1 Å². The third kappa shape index (κ3) is 3.54. The zero-order valence-electron chi connectivity index (χ0n) is 8.26. The van der Waals surface area contributed by atoms with Crippen LogP contribution in [0, 0.1) is 0 Å². The first kappa shape index (κ1) is 11.2. The summed E-state index contributed by atoms with van der Waals surface area (Å²) in [5.41, 5.74) is 2.62. The Morgan fingerprint density at radius 3 is 2.42 bits per heavy atom. The molecule has 0 bridgehead atoms. The van der Waals surface area contributed by atoms with Crippen molar-refractivity contribution in [1.82, 2.24) is 0 Å². The van der Waals surface area contributed by atoms with Gasteiger partial charge in [-0.15, -0.1) is 0 Å². The van der Waals surface area contributed by atoms with Crippen molar-refractivity contribution in [2.45, 2.75) is 20.8 Å². The van der Waals surface area contributed by atoms with E-state index in [-0.39, 0.29) is 0 Å². The summed E-state index contributed by atoms with van der Waals surface area (Å²) in [6.07, 6.45) is 5.77. The van der Waals surface area contributed by atoms with Gasteiger partial charge < -0.3 is 4.74 Å². The van der Waals surface area contributed by atoms with Crippen molar-refractivity contribution in [1.29, 1.82) is 0 Å². The van der Waals surface area contributed by atoms with Gasteiger partial charge in [-0.1, -0.05) is 38.7 Å². The first-order chi connectivity index (χ1) is 5.84. The minimum absolute atomic E-state index is 0.760. The highest BCUT2D eigenvalue weighted by Gasteiger charge is 2.06. The van der Waals surface area contributed by atoms with Gasteiger partial charge in [0.25, 0.3) is 0 Å². The van der Waals surface area contributed by atoms with Gasteiger partial charge in [0.1, 0.15) is 0 Å². The van der Waals surface area contributed by atoms with Crippen LogP contribution in [0.25, 0.3) is 0 Å². The maximum Gasteiger partial charge on any atom is 0.0721 e. The van der Waals surface area contributed by atoms with Gasteiger partial charge >= 0.3 is 0 Å². The van der Waals surface area contributed by atoms with Gasteiger partial charge in [-0.25, -0.2) is 0 Å². The largest absolute Gasteiger partial charge is 0.372 e. The number of hydrogen-bond donors (Lipinski definition) is 0. The third-order valence-corrected chi connectivity index (χ3v) is 1.56. The second-order valence-corrected chi connectivity index (χ2v) is 2.39. The first-order valence-electron chi connectivity index (χ1n) is 4.40. The number of ether oxygens (including phenoxy) is 1. The average Bonchev–Trinajstić information content (AvgIpc) is 2.51. The Labute approximate surface area is 75.4 Å². The molecule has 0 aromatic heterocycles. The number of hydrogen-bond acceptors (Lipinski definition) is 1. The summed E-state index contributed by atoms with van der Waals surface area (Å²) >= 11 is 0. The molecule has 0 spiro atoms. The van der Waals surface area contributed by atoms with E-state index in [1.807, 2.05) is 19.9 Å². The van der Waals surface area contributed by atoms with E-state index < -0.39 is 0 Å².